The number of carbonyl (C=O) groups excluding carboxylic acids is 1. The summed E-state index contributed by atoms with van der Waals surface area (Å²) in [6.45, 7) is 6.00. The molecule has 2 aromatic heterocycles. The Bertz CT molecular complexity index is 578. The van der Waals surface area contributed by atoms with Gasteiger partial charge in [0.05, 0.1) is 24.1 Å². The highest BCUT2D eigenvalue weighted by Crippen LogP contribution is 2.13. The van der Waals surface area contributed by atoms with Crippen molar-refractivity contribution in [1.29, 1.82) is 0 Å². The minimum absolute atomic E-state index is 0.435. The molecule has 0 aliphatic carbocycles. The van der Waals surface area contributed by atoms with Crippen LogP contribution in [0.2, 0.25) is 0 Å². The molecule has 0 aliphatic heterocycles. The van der Waals surface area contributed by atoms with Gasteiger partial charge in [-0.05, 0) is 44.4 Å². The van der Waals surface area contributed by atoms with Gasteiger partial charge in [0, 0.05) is 5.38 Å². The Hall–Kier alpha value is -2.22. The molecule has 2 rings (SSSR count). The predicted octanol–water partition coefficient (Wildman–Crippen LogP) is 2.89. The van der Waals surface area contributed by atoms with Crippen molar-refractivity contribution in [3.05, 3.63) is 29.4 Å². The molecule has 112 valence electrons. The van der Waals surface area contributed by atoms with Crippen molar-refractivity contribution in [2.75, 3.05) is 10.6 Å². The minimum atomic E-state index is -0.535. The molecule has 0 bridgehead atoms. The topological polar surface area (TPSA) is 89.0 Å². The van der Waals surface area contributed by atoms with Gasteiger partial charge in [-0.3, -0.25) is 5.32 Å². The SMILES string of the molecule is CC(C)(C)OC(=O)Nc1ccc(NCc2csnn2)cn1. The molecule has 0 aromatic carbocycles. The van der Waals surface area contributed by atoms with Crippen LogP contribution in [0.3, 0.4) is 0 Å². The minimum Gasteiger partial charge on any atom is -0.444 e. The second-order valence-electron chi connectivity index (χ2n) is 5.31. The summed E-state index contributed by atoms with van der Waals surface area (Å²) in [6, 6.07) is 3.52. The average molecular weight is 307 g/mol. The van der Waals surface area contributed by atoms with E-state index in [-0.39, 0.29) is 0 Å². The van der Waals surface area contributed by atoms with Gasteiger partial charge in [0.15, 0.2) is 0 Å². The Morgan fingerprint density at radius 2 is 2.19 bits per heavy atom. The monoisotopic (exact) mass is 307 g/mol. The van der Waals surface area contributed by atoms with Gasteiger partial charge in [-0.1, -0.05) is 4.49 Å². The molecule has 0 aliphatic rings. The standard InChI is InChI=1S/C13H17N5O2S/c1-13(2,3)20-12(19)16-11-5-4-9(6-15-11)14-7-10-8-21-18-17-10/h4-6,8,14H,7H2,1-3H3,(H,15,16,19). The van der Waals surface area contributed by atoms with Crippen LogP contribution in [0.5, 0.6) is 0 Å². The molecule has 0 saturated carbocycles. The lowest BCUT2D eigenvalue weighted by molar-refractivity contribution is 0.0635. The van der Waals surface area contributed by atoms with Crippen LogP contribution in [-0.2, 0) is 11.3 Å². The van der Waals surface area contributed by atoms with Crippen molar-refractivity contribution in [3.8, 4) is 0 Å². The van der Waals surface area contributed by atoms with Crippen molar-refractivity contribution < 1.29 is 9.53 Å². The normalized spacial score (nSPS) is 11.0. The fourth-order valence-corrected chi connectivity index (χ4v) is 1.89. The molecular weight excluding hydrogens is 290 g/mol. The van der Waals surface area contributed by atoms with E-state index in [1.165, 1.54) is 11.5 Å². The van der Waals surface area contributed by atoms with Gasteiger partial charge in [-0.15, -0.1) is 5.10 Å². The summed E-state index contributed by atoms with van der Waals surface area (Å²) in [5, 5.41) is 11.5. The molecule has 21 heavy (non-hydrogen) atoms. The van der Waals surface area contributed by atoms with E-state index in [1.54, 1.807) is 33.0 Å². The average Bonchev–Trinajstić information content (AvgIpc) is 2.89. The Morgan fingerprint density at radius 1 is 1.38 bits per heavy atom. The number of nitrogens with zero attached hydrogens (tertiary/aromatic N) is 3. The third kappa shape index (κ3) is 5.35. The van der Waals surface area contributed by atoms with Crippen LogP contribution in [0.1, 0.15) is 26.5 Å². The lowest BCUT2D eigenvalue weighted by atomic mass is 10.2. The fraction of sp³-hybridized carbons (Fsp3) is 0.385. The number of pyridine rings is 1. The fourth-order valence-electron chi connectivity index (χ4n) is 1.43. The maximum absolute atomic E-state index is 11.6. The first kappa shape index (κ1) is 15.2. The predicted molar refractivity (Wildman–Crippen MR) is 81.3 cm³/mol. The zero-order chi connectivity index (χ0) is 15.3. The number of nitrogens with one attached hydrogen (secondary N) is 2. The Labute approximate surface area is 126 Å². The zero-order valence-corrected chi connectivity index (χ0v) is 12.9. The Balaban J connectivity index is 1.85. The lowest BCUT2D eigenvalue weighted by Gasteiger charge is -2.19. The quantitative estimate of drug-likeness (QED) is 0.903. The number of aromatic nitrogens is 3. The van der Waals surface area contributed by atoms with E-state index in [0.717, 1.165) is 11.4 Å². The second kappa shape index (κ2) is 6.49. The van der Waals surface area contributed by atoms with Crippen LogP contribution in [0.4, 0.5) is 16.3 Å². The number of amides is 1. The van der Waals surface area contributed by atoms with Gasteiger partial charge < -0.3 is 10.1 Å². The van der Waals surface area contributed by atoms with Crippen LogP contribution in [-0.4, -0.2) is 26.3 Å². The molecule has 0 atom stereocenters. The van der Waals surface area contributed by atoms with Gasteiger partial charge in [0.1, 0.15) is 11.4 Å². The molecule has 8 heteroatoms. The Morgan fingerprint density at radius 3 is 2.76 bits per heavy atom. The molecule has 2 heterocycles. The molecule has 0 radical (unpaired) electrons. The summed E-state index contributed by atoms with van der Waals surface area (Å²) >= 11 is 1.31. The molecular formula is C13H17N5O2S. The number of carbonyl (C=O) groups is 1. The first-order chi connectivity index (χ1) is 9.92. The van der Waals surface area contributed by atoms with Crippen LogP contribution >= 0.6 is 11.5 Å². The van der Waals surface area contributed by atoms with E-state index in [1.807, 2.05) is 11.4 Å². The third-order valence-corrected chi connectivity index (χ3v) is 2.82. The first-order valence-corrected chi connectivity index (χ1v) is 7.22. The smallest absolute Gasteiger partial charge is 0.413 e. The van der Waals surface area contributed by atoms with Crippen LogP contribution in [0, 0.1) is 0 Å². The van der Waals surface area contributed by atoms with E-state index in [0.29, 0.717) is 12.4 Å². The van der Waals surface area contributed by atoms with Crippen LogP contribution in [0.15, 0.2) is 23.7 Å². The third-order valence-electron chi connectivity index (χ3n) is 2.27. The highest BCUT2D eigenvalue weighted by Gasteiger charge is 2.16. The van der Waals surface area contributed by atoms with Gasteiger partial charge in [-0.2, -0.15) is 0 Å². The highest BCUT2D eigenvalue weighted by molar-refractivity contribution is 7.03. The molecule has 2 aromatic rings. The number of hydrogen-bond donors (Lipinski definition) is 2. The van der Waals surface area contributed by atoms with Crippen LogP contribution in [0.25, 0.3) is 0 Å². The van der Waals surface area contributed by atoms with Gasteiger partial charge in [0.25, 0.3) is 0 Å². The maximum Gasteiger partial charge on any atom is 0.413 e. The zero-order valence-electron chi connectivity index (χ0n) is 12.1. The van der Waals surface area contributed by atoms with Crippen molar-refractivity contribution in [3.63, 3.8) is 0 Å². The second-order valence-corrected chi connectivity index (χ2v) is 5.92. The number of rotatable bonds is 4. The molecule has 0 saturated heterocycles. The summed E-state index contributed by atoms with van der Waals surface area (Å²) < 4.78 is 8.93. The van der Waals surface area contributed by atoms with Crippen molar-refractivity contribution in [2.24, 2.45) is 0 Å². The van der Waals surface area contributed by atoms with Crippen LogP contribution < -0.4 is 10.6 Å². The summed E-state index contributed by atoms with van der Waals surface area (Å²) in [6.07, 6.45) is 1.11. The molecule has 2 N–H and O–H groups in total. The summed E-state index contributed by atoms with van der Waals surface area (Å²) in [7, 11) is 0. The summed E-state index contributed by atoms with van der Waals surface area (Å²) in [4.78, 5) is 15.7. The molecule has 7 nitrogen and oxygen atoms in total. The number of anilines is 2. The van der Waals surface area contributed by atoms with E-state index in [9.17, 15) is 4.79 Å². The van der Waals surface area contributed by atoms with E-state index in [4.69, 9.17) is 4.74 Å². The van der Waals surface area contributed by atoms with Crippen molar-refractivity contribution in [2.45, 2.75) is 32.9 Å². The number of hydrogen-bond acceptors (Lipinski definition) is 7. The first-order valence-electron chi connectivity index (χ1n) is 6.38. The van der Waals surface area contributed by atoms with E-state index in [2.05, 4.69) is 25.2 Å². The lowest BCUT2D eigenvalue weighted by Crippen LogP contribution is -2.27. The molecule has 0 unspecified atom stereocenters. The highest BCUT2D eigenvalue weighted by atomic mass is 32.1. The van der Waals surface area contributed by atoms with Gasteiger partial charge >= 0.3 is 6.09 Å². The number of ether oxygens (including phenoxy) is 1. The Kier molecular flexibility index (Phi) is 4.69. The molecule has 1 amide bonds. The molecule has 0 spiro atoms. The van der Waals surface area contributed by atoms with Crippen molar-refractivity contribution >= 4 is 29.1 Å². The largest absolute Gasteiger partial charge is 0.444 e. The van der Waals surface area contributed by atoms with Crippen molar-refractivity contribution in [1.82, 2.24) is 14.6 Å². The van der Waals surface area contributed by atoms with E-state index >= 15 is 0 Å². The summed E-state index contributed by atoms with van der Waals surface area (Å²) in [5.74, 6) is 0.435. The van der Waals surface area contributed by atoms with E-state index < -0.39 is 11.7 Å². The molecule has 0 fully saturated rings. The van der Waals surface area contributed by atoms with Gasteiger partial charge in [0.2, 0.25) is 0 Å². The maximum atomic E-state index is 11.6. The van der Waals surface area contributed by atoms with Gasteiger partial charge in [-0.25, -0.2) is 9.78 Å². The summed E-state index contributed by atoms with van der Waals surface area (Å²) in [5.41, 5.74) is 1.17.